The number of Topliss-reactive ketones (excluding diaryl/α,β-unsaturated/α-hetero) is 2. The molecule has 1 aromatic rings. The quantitative estimate of drug-likeness (QED) is 0.426. The lowest BCUT2D eigenvalue weighted by atomic mass is 9.96. The van der Waals surface area contributed by atoms with Gasteiger partial charge >= 0.3 is 0 Å². The van der Waals surface area contributed by atoms with Gasteiger partial charge in [-0.05, 0) is 44.1 Å². The number of ketones is 2. The van der Waals surface area contributed by atoms with Gasteiger partial charge in [-0.1, -0.05) is 0 Å². The van der Waals surface area contributed by atoms with Crippen molar-refractivity contribution in [2.75, 3.05) is 26.2 Å². The Bertz CT molecular complexity index is 494. The Morgan fingerprint density at radius 3 is 1.62 bits per heavy atom. The van der Waals surface area contributed by atoms with E-state index in [2.05, 4.69) is 5.32 Å². The highest BCUT2D eigenvalue weighted by Gasteiger charge is 2.16. The van der Waals surface area contributed by atoms with E-state index in [1.165, 1.54) is 18.2 Å². The van der Waals surface area contributed by atoms with Crippen molar-refractivity contribution in [1.82, 2.24) is 5.32 Å². The molecule has 7 nitrogen and oxygen atoms in total. The molecule has 0 atom stereocenters. The predicted molar refractivity (Wildman–Crippen MR) is 93.1 cm³/mol. The number of carbonyl (C=O) groups excluding carboxylic acids is 3. The standard InChI is InChI=1S/C17H26N4O3/c18-5-1-3-15(22)12-9-13(16(23)4-2-6-19)11-14(10-12)17(24)21-8-7-20/h9-11H,1-8,18-20H2,(H,21,24). The van der Waals surface area contributed by atoms with Gasteiger partial charge < -0.3 is 22.5 Å². The molecule has 0 saturated carbocycles. The van der Waals surface area contributed by atoms with Crippen LogP contribution in [0.3, 0.4) is 0 Å². The summed E-state index contributed by atoms with van der Waals surface area (Å²) in [7, 11) is 0. The lowest BCUT2D eigenvalue weighted by Gasteiger charge is -2.09. The third-order valence-corrected chi connectivity index (χ3v) is 3.48. The first-order valence-electron chi connectivity index (χ1n) is 8.13. The molecular formula is C17H26N4O3. The van der Waals surface area contributed by atoms with Gasteiger partial charge in [0, 0.05) is 42.6 Å². The van der Waals surface area contributed by atoms with E-state index in [0.717, 1.165) is 0 Å². The summed E-state index contributed by atoms with van der Waals surface area (Å²) in [6.07, 6.45) is 1.67. The zero-order chi connectivity index (χ0) is 17.9. The van der Waals surface area contributed by atoms with Gasteiger partial charge in [0.2, 0.25) is 0 Å². The van der Waals surface area contributed by atoms with Gasteiger partial charge in [-0.3, -0.25) is 14.4 Å². The SMILES string of the molecule is NCCCC(=O)c1cc(C(=O)CCCN)cc(C(=O)NCCN)c1. The topological polar surface area (TPSA) is 141 Å². The van der Waals surface area contributed by atoms with E-state index in [4.69, 9.17) is 17.2 Å². The highest BCUT2D eigenvalue weighted by molar-refractivity contribution is 6.05. The predicted octanol–water partition coefficient (Wildman–Crippen LogP) is 0.218. The van der Waals surface area contributed by atoms with Crippen LogP contribution >= 0.6 is 0 Å². The Kier molecular flexibility index (Phi) is 8.85. The van der Waals surface area contributed by atoms with Crippen molar-refractivity contribution in [2.45, 2.75) is 25.7 Å². The van der Waals surface area contributed by atoms with Crippen LogP contribution in [0.15, 0.2) is 18.2 Å². The zero-order valence-electron chi connectivity index (χ0n) is 13.8. The molecule has 0 heterocycles. The second kappa shape index (κ2) is 10.6. The minimum atomic E-state index is -0.359. The summed E-state index contributed by atoms with van der Waals surface area (Å²) >= 11 is 0. The maximum atomic E-state index is 12.2. The molecule has 0 spiro atoms. The normalized spacial score (nSPS) is 10.5. The summed E-state index contributed by atoms with van der Waals surface area (Å²) in [5.41, 5.74) is 17.2. The summed E-state index contributed by atoms with van der Waals surface area (Å²) in [4.78, 5) is 36.6. The van der Waals surface area contributed by atoms with E-state index >= 15 is 0 Å². The summed E-state index contributed by atoms with van der Waals surface area (Å²) < 4.78 is 0. The fourth-order valence-electron chi connectivity index (χ4n) is 2.18. The molecule has 0 aliphatic heterocycles. The van der Waals surface area contributed by atoms with Crippen LogP contribution < -0.4 is 22.5 Å². The van der Waals surface area contributed by atoms with Crippen molar-refractivity contribution in [3.05, 3.63) is 34.9 Å². The number of hydrogen-bond donors (Lipinski definition) is 4. The molecule has 1 amide bonds. The second-order valence-electron chi connectivity index (χ2n) is 5.47. The van der Waals surface area contributed by atoms with Gasteiger partial charge in [0.15, 0.2) is 11.6 Å². The van der Waals surface area contributed by atoms with Crippen molar-refractivity contribution in [2.24, 2.45) is 17.2 Å². The molecule has 0 saturated heterocycles. The summed E-state index contributed by atoms with van der Waals surface area (Å²) in [5.74, 6) is -0.634. The number of carbonyl (C=O) groups is 3. The van der Waals surface area contributed by atoms with E-state index < -0.39 is 0 Å². The van der Waals surface area contributed by atoms with Crippen LogP contribution in [0.1, 0.15) is 56.8 Å². The lowest BCUT2D eigenvalue weighted by Crippen LogP contribution is -2.29. The first-order chi connectivity index (χ1) is 11.5. The highest BCUT2D eigenvalue weighted by atomic mass is 16.2. The van der Waals surface area contributed by atoms with Crippen LogP contribution in [0, 0.1) is 0 Å². The highest BCUT2D eigenvalue weighted by Crippen LogP contribution is 2.15. The number of nitrogens with two attached hydrogens (primary N) is 3. The number of amides is 1. The van der Waals surface area contributed by atoms with Crippen LogP contribution in [0.2, 0.25) is 0 Å². The first kappa shape index (κ1) is 20.0. The van der Waals surface area contributed by atoms with Crippen molar-refractivity contribution in [3.63, 3.8) is 0 Å². The smallest absolute Gasteiger partial charge is 0.251 e. The van der Waals surface area contributed by atoms with E-state index in [1.54, 1.807) is 0 Å². The Hall–Kier alpha value is -2.09. The Labute approximate surface area is 141 Å². The minimum absolute atomic E-state index is 0.137. The van der Waals surface area contributed by atoms with Crippen molar-refractivity contribution >= 4 is 17.5 Å². The first-order valence-corrected chi connectivity index (χ1v) is 8.13. The van der Waals surface area contributed by atoms with Crippen LogP contribution in [-0.2, 0) is 0 Å². The number of hydrogen-bond acceptors (Lipinski definition) is 6. The second-order valence-corrected chi connectivity index (χ2v) is 5.47. The van der Waals surface area contributed by atoms with Gasteiger partial charge in [0.1, 0.15) is 0 Å². The molecule has 1 rings (SSSR count). The molecule has 0 bridgehead atoms. The van der Waals surface area contributed by atoms with Crippen LogP contribution in [0.5, 0.6) is 0 Å². The fraction of sp³-hybridized carbons (Fsp3) is 0.471. The van der Waals surface area contributed by atoms with Crippen LogP contribution in [-0.4, -0.2) is 43.7 Å². The van der Waals surface area contributed by atoms with Crippen LogP contribution in [0.4, 0.5) is 0 Å². The molecule has 1 aromatic carbocycles. The molecule has 0 aliphatic rings. The molecule has 0 aliphatic carbocycles. The van der Waals surface area contributed by atoms with E-state index in [9.17, 15) is 14.4 Å². The molecule has 0 aromatic heterocycles. The van der Waals surface area contributed by atoms with E-state index in [-0.39, 0.29) is 35.9 Å². The Balaban J connectivity index is 3.11. The number of benzene rings is 1. The van der Waals surface area contributed by atoms with Gasteiger partial charge in [0.25, 0.3) is 5.91 Å². The molecule has 7 heteroatoms. The molecule has 132 valence electrons. The minimum Gasteiger partial charge on any atom is -0.351 e. The van der Waals surface area contributed by atoms with E-state index in [1.807, 2.05) is 0 Å². The summed E-state index contributed by atoms with van der Waals surface area (Å²) in [6, 6.07) is 4.55. The maximum Gasteiger partial charge on any atom is 0.251 e. The molecule has 0 fully saturated rings. The number of rotatable bonds is 11. The maximum absolute atomic E-state index is 12.2. The molecule has 7 N–H and O–H groups in total. The monoisotopic (exact) mass is 334 g/mol. The largest absolute Gasteiger partial charge is 0.351 e. The molecule has 24 heavy (non-hydrogen) atoms. The molecule has 0 radical (unpaired) electrons. The zero-order valence-corrected chi connectivity index (χ0v) is 13.8. The average Bonchev–Trinajstić information content (AvgIpc) is 2.61. The fourth-order valence-corrected chi connectivity index (χ4v) is 2.18. The molecule has 0 unspecified atom stereocenters. The summed E-state index contributed by atoms with van der Waals surface area (Å²) in [5, 5.41) is 2.64. The summed E-state index contributed by atoms with van der Waals surface area (Å²) in [6.45, 7) is 1.44. The van der Waals surface area contributed by atoms with Gasteiger partial charge in [-0.2, -0.15) is 0 Å². The van der Waals surface area contributed by atoms with Gasteiger partial charge in [0.05, 0.1) is 0 Å². The third kappa shape index (κ3) is 6.19. The molecular weight excluding hydrogens is 308 g/mol. The number of nitrogens with one attached hydrogen (secondary N) is 1. The van der Waals surface area contributed by atoms with Crippen molar-refractivity contribution in [3.8, 4) is 0 Å². The Morgan fingerprint density at radius 2 is 1.21 bits per heavy atom. The van der Waals surface area contributed by atoms with Gasteiger partial charge in [-0.15, -0.1) is 0 Å². The van der Waals surface area contributed by atoms with Gasteiger partial charge in [-0.25, -0.2) is 0 Å². The van der Waals surface area contributed by atoms with Crippen molar-refractivity contribution in [1.29, 1.82) is 0 Å². The van der Waals surface area contributed by atoms with Crippen molar-refractivity contribution < 1.29 is 14.4 Å². The average molecular weight is 334 g/mol. The van der Waals surface area contributed by atoms with Crippen LogP contribution in [0.25, 0.3) is 0 Å². The lowest BCUT2D eigenvalue weighted by molar-refractivity contribution is 0.0954. The Morgan fingerprint density at radius 1 is 0.750 bits per heavy atom. The third-order valence-electron chi connectivity index (χ3n) is 3.48. The van der Waals surface area contributed by atoms with E-state index in [0.29, 0.717) is 50.1 Å².